The molecule has 0 saturated heterocycles. The lowest BCUT2D eigenvalue weighted by molar-refractivity contribution is 1.15. The van der Waals surface area contributed by atoms with Crippen LogP contribution >= 0.6 is 0 Å². The average Bonchev–Trinajstić information content (AvgIpc) is 2.18. The zero-order chi connectivity index (χ0) is 9.26. The van der Waals surface area contributed by atoms with Crippen molar-refractivity contribution in [3.05, 3.63) is 54.4 Å². The van der Waals surface area contributed by atoms with Gasteiger partial charge in [0.2, 0.25) is 0 Å². The first kappa shape index (κ1) is 8.31. The summed E-state index contributed by atoms with van der Waals surface area (Å²) < 4.78 is 0. The lowest BCUT2D eigenvalue weighted by atomic mass is 9.98. The minimum Gasteiger partial charge on any atom is -0.0616 e. The van der Waals surface area contributed by atoms with Gasteiger partial charge in [0.1, 0.15) is 0 Å². The molecule has 2 radical (unpaired) electrons. The third-order valence-electron chi connectivity index (χ3n) is 2.43. The summed E-state index contributed by atoms with van der Waals surface area (Å²) in [6, 6.07) is 12.4. The van der Waals surface area contributed by atoms with Gasteiger partial charge in [0.25, 0.3) is 0 Å². The molecule has 0 saturated carbocycles. The summed E-state index contributed by atoms with van der Waals surface area (Å²) in [5.74, 6) is 0. The van der Waals surface area contributed by atoms with Crippen molar-refractivity contribution < 1.29 is 0 Å². The Hall–Kier alpha value is -1.30. The maximum atomic E-state index is 5.90. The van der Waals surface area contributed by atoms with Crippen molar-refractivity contribution in [3.63, 3.8) is 0 Å². The van der Waals surface area contributed by atoms with Crippen LogP contribution in [-0.4, -0.2) is 0 Å². The lowest BCUT2D eigenvalue weighted by Crippen LogP contribution is -1.87. The Labute approximate surface area is 79.2 Å². The smallest absolute Gasteiger partial charge is 0.000888 e. The van der Waals surface area contributed by atoms with Gasteiger partial charge < -0.3 is 0 Å². The van der Waals surface area contributed by atoms with E-state index >= 15 is 0 Å². The Morgan fingerprint density at radius 2 is 1.85 bits per heavy atom. The third-order valence-corrected chi connectivity index (χ3v) is 2.43. The molecule has 13 heavy (non-hydrogen) atoms. The number of rotatable bonds is 1. The van der Waals surface area contributed by atoms with Gasteiger partial charge in [0.15, 0.2) is 0 Å². The maximum Gasteiger partial charge on any atom is -0.000888 e. The standard InChI is InChI=1S/C13H12/c1-3-12-10(2)8-9-11-6-4-5-7-13(11)12/h2,4-9H,3H2,1H3. The first-order chi connectivity index (χ1) is 6.33. The summed E-state index contributed by atoms with van der Waals surface area (Å²) in [4.78, 5) is 0. The topological polar surface area (TPSA) is 0 Å². The second-order valence-electron chi connectivity index (χ2n) is 3.21. The van der Waals surface area contributed by atoms with Crippen molar-refractivity contribution in [2.45, 2.75) is 13.3 Å². The van der Waals surface area contributed by atoms with Crippen molar-refractivity contribution in [1.29, 1.82) is 0 Å². The quantitative estimate of drug-likeness (QED) is 0.611. The molecule has 0 heterocycles. The van der Waals surface area contributed by atoms with Crippen LogP contribution in [0.5, 0.6) is 0 Å². The normalized spacial score (nSPS) is 10.6. The third kappa shape index (κ3) is 1.33. The molecule has 0 unspecified atom stereocenters. The highest BCUT2D eigenvalue weighted by atomic mass is 14.1. The van der Waals surface area contributed by atoms with Gasteiger partial charge in [-0.3, -0.25) is 0 Å². The van der Waals surface area contributed by atoms with Gasteiger partial charge in [-0.05, 0) is 35.2 Å². The van der Waals surface area contributed by atoms with Crippen LogP contribution < -0.4 is 0 Å². The minimum absolute atomic E-state index is 0.904. The molecule has 0 fully saturated rings. The molecule has 0 N–H and O–H groups in total. The number of fused-ring (bicyclic) bond motifs is 1. The lowest BCUT2D eigenvalue weighted by Gasteiger charge is -2.07. The summed E-state index contributed by atoms with van der Waals surface area (Å²) in [6.07, 6.45) is 0.993. The number of benzene rings is 2. The van der Waals surface area contributed by atoms with Gasteiger partial charge in [-0.15, -0.1) is 0 Å². The molecular formula is C13H12. The van der Waals surface area contributed by atoms with Crippen LogP contribution in [0.15, 0.2) is 36.4 Å². The van der Waals surface area contributed by atoms with Gasteiger partial charge in [-0.2, -0.15) is 0 Å². The van der Waals surface area contributed by atoms with E-state index in [4.69, 9.17) is 6.92 Å². The molecule has 0 nitrogen and oxygen atoms in total. The van der Waals surface area contributed by atoms with E-state index in [0.717, 1.165) is 12.0 Å². The number of aryl methyl sites for hydroxylation is 1. The molecular weight excluding hydrogens is 156 g/mol. The van der Waals surface area contributed by atoms with Gasteiger partial charge in [0, 0.05) is 0 Å². The zero-order valence-corrected chi connectivity index (χ0v) is 7.75. The summed E-state index contributed by atoms with van der Waals surface area (Å²) in [6.45, 7) is 8.03. The molecule has 0 spiro atoms. The van der Waals surface area contributed by atoms with Crippen LogP contribution in [0.25, 0.3) is 10.8 Å². The van der Waals surface area contributed by atoms with E-state index in [9.17, 15) is 0 Å². The molecule has 2 aromatic rings. The fourth-order valence-electron chi connectivity index (χ4n) is 1.75. The molecule has 0 bridgehead atoms. The Bertz CT molecular complexity index is 427. The van der Waals surface area contributed by atoms with E-state index in [1.165, 1.54) is 16.3 Å². The highest BCUT2D eigenvalue weighted by molar-refractivity contribution is 5.86. The van der Waals surface area contributed by atoms with Crippen molar-refractivity contribution in [3.8, 4) is 0 Å². The van der Waals surface area contributed by atoms with Crippen LogP contribution in [0.2, 0.25) is 0 Å². The van der Waals surface area contributed by atoms with Gasteiger partial charge in [0.05, 0.1) is 0 Å². The molecule has 0 aromatic heterocycles. The van der Waals surface area contributed by atoms with E-state index in [-0.39, 0.29) is 0 Å². The SMILES string of the molecule is [CH]c1ccc2ccccc2c1CC. The number of hydrogen-bond acceptors (Lipinski definition) is 0. The van der Waals surface area contributed by atoms with E-state index < -0.39 is 0 Å². The summed E-state index contributed by atoms with van der Waals surface area (Å²) in [5.41, 5.74) is 2.17. The largest absolute Gasteiger partial charge is 0.0616 e. The monoisotopic (exact) mass is 168 g/mol. The molecule has 0 aliphatic heterocycles. The van der Waals surface area contributed by atoms with Crippen LogP contribution in [0.3, 0.4) is 0 Å². The maximum absolute atomic E-state index is 5.90. The first-order valence-corrected chi connectivity index (χ1v) is 4.59. The van der Waals surface area contributed by atoms with Gasteiger partial charge >= 0.3 is 0 Å². The zero-order valence-electron chi connectivity index (χ0n) is 7.75. The molecule has 2 rings (SSSR count). The van der Waals surface area contributed by atoms with Gasteiger partial charge in [-0.25, -0.2) is 0 Å². The predicted molar refractivity (Wildman–Crippen MR) is 56.7 cm³/mol. The van der Waals surface area contributed by atoms with E-state index in [1.807, 2.05) is 6.07 Å². The van der Waals surface area contributed by atoms with Crippen LogP contribution in [0.4, 0.5) is 0 Å². The fourth-order valence-corrected chi connectivity index (χ4v) is 1.75. The Morgan fingerprint density at radius 3 is 2.62 bits per heavy atom. The first-order valence-electron chi connectivity index (χ1n) is 4.59. The van der Waals surface area contributed by atoms with E-state index in [2.05, 4.69) is 37.3 Å². The van der Waals surface area contributed by atoms with Crippen molar-refractivity contribution in [1.82, 2.24) is 0 Å². The van der Waals surface area contributed by atoms with Crippen LogP contribution in [0.1, 0.15) is 18.1 Å². The van der Waals surface area contributed by atoms with Crippen LogP contribution in [0, 0.1) is 6.92 Å². The average molecular weight is 168 g/mol. The van der Waals surface area contributed by atoms with Crippen molar-refractivity contribution in [2.75, 3.05) is 0 Å². The van der Waals surface area contributed by atoms with Crippen LogP contribution in [-0.2, 0) is 6.42 Å². The predicted octanol–water partition coefficient (Wildman–Crippen LogP) is 3.46. The summed E-state index contributed by atoms with van der Waals surface area (Å²) in [7, 11) is 0. The fraction of sp³-hybridized carbons (Fsp3) is 0.154. The molecule has 0 heteroatoms. The number of hydrogen-bond donors (Lipinski definition) is 0. The molecule has 0 aliphatic rings. The molecule has 0 aliphatic carbocycles. The van der Waals surface area contributed by atoms with E-state index in [0.29, 0.717) is 0 Å². The Balaban J connectivity index is 2.84. The minimum atomic E-state index is 0.904. The van der Waals surface area contributed by atoms with Crippen molar-refractivity contribution in [2.24, 2.45) is 0 Å². The highest BCUT2D eigenvalue weighted by Gasteiger charge is 2.00. The Morgan fingerprint density at radius 1 is 1.08 bits per heavy atom. The highest BCUT2D eigenvalue weighted by Crippen LogP contribution is 2.22. The summed E-state index contributed by atoms with van der Waals surface area (Å²) >= 11 is 0. The summed E-state index contributed by atoms with van der Waals surface area (Å²) in [5, 5.41) is 2.55. The second kappa shape index (κ2) is 3.21. The van der Waals surface area contributed by atoms with E-state index in [1.54, 1.807) is 0 Å². The molecule has 2 aromatic carbocycles. The molecule has 64 valence electrons. The molecule has 0 amide bonds. The second-order valence-corrected chi connectivity index (χ2v) is 3.21. The van der Waals surface area contributed by atoms with Crippen molar-refractivity contribution >= 4 is 10.8 Å². The Kier molecular flexibility index (Phi) is 2.05. The van der Waals surface area contributed by atoms with Gasteiger partial charge in [-0.1, -0.05) is 43.3 Å². The molecule has 0 atom stereocenters.